The maximum atomic E-state index is 13.3. The summed E-state index contributed by atoms with van der Waals surface area (Å²) in [7, 11) is -2.19. The van der Waals surface area contributed by atoms with Gasteiger partial charge in [-0.05, 0) is 49.9 Å². The van der Waals surface area contributed by atoms with Crippen LogP contribution in [0.4, 0.5) is 0 Å². The first-order valence-electron chi connectivity index (χ1n) is 8.90. The normalized spacial score (nSPS) is 21.8. The fraction of sp³-hybridized carbons (Fsp3) is 0.611. The minimum atomic E-state index is -3.75. The summed E-state index contributed by atoms with van der Waals surface area (Å²) in [5.41, 5.74) is 1.38. The molecule has 0 aromatic heterocycles. The van der Waals surface area contributed by atoms with Gasteiger partial charge < -0.3 is 14.4 Å². The Hall–Kier alpha value is -1.64. The highest BCUT2D eigenvalue weighted by Crippen LogP contribution is 2.32. The third-order valence-corrected chi connectivity index (χ3v) is 7.14. The van der Waals surface area contributed by atoms with Gasteiger partial charge in [-0.15, -0.1) is 0 Å². The minimum absolute atomic E-state index is 0.114. The van der Waals surface area contributed by atoms with Gasteiger partial charge in [0.15, 0.2) is 0 Å². The first-order chi connectivity index (χ1) is 12.4. The molecule has 3 rings (SSSR count). The van der Waals surface area contributed by atoms with Crippen molar-refractivity contribution in [2.24, 2.45) is 0 Å². The van der Waals surface area contributed by atoms with E-state index in [0.29, 0.717) is 57.0 Å². The van der Waals surface area contributed by atoms with Crippen molar-refractivity contribution in [3.05, 3.63) is 23.3 Å². The van der Waals surface area contributed by atoms with Crippen molar-refractivity contribution < 1.29 is 22.7 Å². The Labute approximate surface area is 154 Å². The predicted octanol–water partition coefficient (Wildman–Crippen LogP) is 1.32. The number of sulfonamides is 1. The van der Waals surface area contributed by atoms with Gasteiger partial charge in [-0.3, -0.25) is 4.79 Å². The molecular weight excluding hydrogens is 356 g/mol. The summed E-state index contributed by atoms with van der Waals surface area (Å²) in [5, 5.41) is 0. The van der Waals surface area contributed by atoms with Crippen LogP contribution < -0.4 is 4.74 Å². The van der Waals surface area contributed by atoms with Crippen molar-refractivity contribution in [3.63, 3.8) is 0 Å². The van der Waals surface area contributed by atoms with Crippen molar-refractivity contribution in [2.45, 2.75) is 37.6 Å². The standard InChI is InChI=1S/C18H26N2O5S/c1-13-12-17(14(2)11-16(13)24-3)26(22,23)20-6-4-5-15(20)18(21)19-7-9-25-10-8-19/h11-12,15H,4-10H2,1-3H3/t15-/m1/s1. The van der Waals surface area contributed by atoms with E-state index in [1.165, 1.54) is 4.31 Å². The van der Waals surface area contributed by atoms with Gasteiger partial charge in [0, 0.05) is 19.6 Å². The second-order valence-corrected chi connectivity index (χ2v) is 8.66. The molecule has 0 bridgehead atoms. The first-order valence-corrected chi connectivity index (χ1v) is 10.3. The van der Waals surface area contributed by atoms with Gasteiger partial charge >= 0.3 is 0 Å². The SMILES string of the molecule is COc1cc(C)c(S(=O)(=O)N2CCC[C@@H]2C(=O)N2CCOCC2)cc1C. The lowest BCUT2D eigenvalue weighted by Crippen LogP contribution is -2.51. The van der Waals surface area contributed by atoms with E-state index in [4.69, 9.17) is 9.47 Å². The van der Waals surface area contributed by atoms with Crippen LogP contribution in [0.25, 0.3) is 0 Å². The number of carbonyl (C=O) groups excluding carboxylic acids is 1. The second kappa shape index (κ2) is 7.54. The van der Waals surface area contributed by atoms with Gasteiger partial charge in [-0.25, -0.2) is 8.42 Å². The Morgan fingerprint density at radius 1 is 1.15 bits per heavy atom. The molecule has 26 heavy (non-hydrogen) atoms. The summed E-state index contributed by atoms with van der Waals surface area (Å²) in [6, 6.07) is 2.75. The molecular formula is C18H26N2O5S. The van der Waals surface area contributed by atoms with E-state index in [-0.39, 0.29) is 10.8 Å². The van der Waals surface area contributed by atoms with E-state index < -0.39 is 16.1 Å². The van der Waals surface area contributed by atoms with Gasteiger partial charge in [-0.2, -0.15) is 4.31 Å². The maximum absolute atomic E-state index is 13.3. The monoisotopic (exact) mass is 382 g/mol. The quantitative estimate of drug-likeness (QED) is 0.785. The number of morpholine rings is 1. The number of amides is 1. The third kappa shape index (κ3) is 3.45. The zero-order valence-corrected chi connectivity index (χ0v) is 16.3. The van der Waals surface area contributed by atoms with Crippen LogP contribution in [0, 0.1) is 13.8 Å². The van der Waals surface area contributed by atoms with Crippen LogP contribution in [0.5, 0.6) is 5.75 Å². The van der Waals surface area contributed by atoms with Crippen LogP contribution in [0.1, 0.15) is 24.0 Å². The van der Waals surface area contributed by atoms with Gasteiger partial charge in [0.25, 0.3) is 0 Å². The van der Waals surface area contributed by atoms with E-state index in [2.05, 4.69) is 0 Å². The van der Waals surface area contributed by atoms with E-state index in [1.807, 2.05) is 6.92 Å². The van der Waals surface area contributed by atoms with Crippen LogP contribution in [0.2, 0.25) is 0 Å². The first kappa shape index (κ1) is 19.1. The molecule has 0 radical (unpaired) electrons. The molecule has 144 valence electrons. The fourth-order valence-corrected chi connectivity index (χ4v) is 5.60. The van der Waals surface area contributed by atoms with Crippen LogP contribution in [-0.4, -0.2) is 69.5 Å². The molecule has 0 aliphatic carbocycles. The number of benzene rings is 1. The number of hydrogen-bond donors (Lipinski definition) is 0. The summed E-state index contributed by atoms with van der Waals surface area (Å²) in [5.74, 6) is 0.543. The van der Waals surface area contributed by atoms with E-state index in [0.717, 1.165) is 5.56 Å². The summed E-state index contributed by atoms with van der Waals surface area (Å²) in [4.78, 5) is 14.8. The van der Waals surface area contributed by atoms with Crippen LogP contribution in [0.15, 0.2) is 17.0 Å². The molecule has 0 spiro atoms. The molecule has 0 N–H and O–H groups in total. The molecule has 2 aliphatic rings. The lowest BCUT2D eigenvalue weighted by Gasteiger charge is -2.32. The Morgan fingerprint density at radius 2 is 1.85 bits per heavy atom. The zero-order valence-electron chi connectivity index (χ0n) is 15.5. The molecule has 2 heterocycles. The molecule has 2 aliphatic heterocycles. The van der Waals surface area contributed by atoms with E-state index in [1.54, 1.807) is 31.1 Å². The Kier molecular flexibility index (Phi) is 5.55. The van der Waals surface area contributed by atoms with Crippen LogP contribution >= 0.6 is 0 Å². The molecule has 8 heteroatoms. The molecule has 1 atom stereocenters. The molecule has 1 amide bonds. The second-order valence-electron chi connectivity index (χ2n) is 6.80. The summed E-state index contributed by atoms with van der Waals surface area (Å²) in [6.45, 7) is 5.98. The van der Waals surface area contributed by atoms with Gasteiger partial charge in [0.05, 0.1) is 25.2 Å². The van der Waals surface area contributed by atoms with Gasteiger partial charge in [-0.1, -0.05) is 0 Å². The third-order valence-electron chi connectivity index (χ3n) is 5.09. The highest BCUT2D eigenvalue weighted by molar-refractivity contribution is 7.89. The number of methoxy groups -OCH3 is 1. The van der Waals surface area contributed by atoms with Crippen LogP contribution in [-0.2, 0) is 19.6 Å². The smallest absolute Gasteiger partial charge is 0.244 e. The van der Waals surface area contributed by atoms with Crippen molar-refractivity contribution in [1.29, 1.82) is 0 Å². The van der Waals surface area contributed by atoms with Gasteiger partial charge in [0.1, 0.15) is 11.8 Å². The molecule has 7 nitrogen and oxygen atoms in total. The number of rotatable bonds is 4. The van der Waals surface area contributed by atoms with Gasteiger partial charge in [0.2, 0.25) is 15.9 Å². The number of nitrogens with zero attached hydrogens (tertiary/aromatic N) is 2. The molecule has 1 aromatic carbocycles. The Morgan fingerprint density at radius 3 is 2.50 bits per heavy atom. The van der Waals surface area contributed by atoms with Crippen molar-refractivity contribution in [3.8, 4) is 5.75 Å². The largest absolute Gasteiger partial charge is 0.496 e. The highest BCUT2D eigenvalue weighted by Gasteiger charge is 2.42. The lowest BCUT2D eigenvalue weighted by molar-refractivity contribution is -0.138. The topological polar surface area (TPSA) is 76.2 Å². The number of aryl methyl sites for hydroxylation is 2. The summed E-state index contributed by atoms with van der Waals surface area (Å²) < 4.78 is 38.5. The molecule has 0 saturated carbocycles. The van der Waals surface area contributed by atoms with Crippen molar-refractivity contribution >= 4 is 15.9 Å². The summed E-state index contributed by atoms with van der Waals surface area (Å²) in [6.07, 6.45) is 1.25. The average Bonchev–Trinajstić information content (AvgIpc) is 3.14. The van der Waals surface area contributed by atoms with Crippen molar-refractivity contribution in [2.75, 3.05) is 40.0 Å². The average molecular weight is 382 g/mol. The van der Waals surface area contributed by atoms with E-state index >= 15 is 0 Å². The zero-order chi connectivity index (χ0) is 18.9. The number of hydrogen-bond acceptors (Lipinski definition) is 5. The van der Waals surface area contributed by atoms with Crippen LogP contribution in [0.3, 0.4) is 0 Å². The highest BCUT2D eigenvalue weighted by atomic mass is 32.2. The molecule has 2 fully saturated rings. The fourth-order valence-electron chi connectivity index (χ4n) is 3.66. The summed E-state index contributed by atoms with van der Waals surface area (Å²) >= 11 is 0. The van der Waals surface area contributed by atoms with Crippen molar-refractivity contribution in [1.82, 2.24) is 9.21 Å². The number of carbonyl (C=O) groups is 1. The molecule has 1 aromatic rings. The maximum Gasteiger partial charge on any atom is 0.244 e. The van der Waals surface area contributed by atoms with E-state index in [9.17, 15) is 13.2 Å². The predicted molar refractivity (Wildman–Crippen MR) is 96.8 cm³/mol. The molecule has 2 saturated heterocycles. The number of ether oxygens (including phenoxy) is 2. The Balaban J connectivity index is 1.90. The molecule has 0 unspecified atom stereocenters. The Bertz CT molecular complexity index is 787. The lowest BCUT2D eigenvalue weighted by atomic mass is 10.1. The minimum Gasteiger partial charge on any atom is -0.496 e.